The summed E-state index contributed by atoms with van der Waals surface area (Å²) >= 11 is 3.14. The Morgan fingerprint density at radius 1 is 1.29 bits per heavy atom. The number of aromatic amines is 1. The molecule has 0 saturated heterocycles. The fourth-order valence-electron chi connectivity index (χ4n) is 0.167. The van der Waals surface area contributed by atoms with Crippen molar-refractivity contribution in [2.24, 2.45) is 0 Å². The van der Waals surface area contributed by atoms with Gasteiger partial charge in [-0.25, -0.2) is 0 Å². The van der Waals surface area contributed by atoms with Crippen LogP contribution in [0.1, 0.15) is 0 Å². The molecule has 0 amide bonds. The standard InChI is InChI=1S/C2H3N3.ClF/c1-2-4-5-3-1;1-2/h1-2H,(H,3,4,5);. The Kier molecular flexibility index (Phi) is 4.87. The number of H-pyrrole nitrogens is 1. The van der Waals surface area contributed by atoms with Crippen LogP contribution in [0, 0.1) is 0 Å². The van der Waals surface area contributed by atoms with Crippen LogP contribution in [0.3, 0.4) is 0 Å². The van der Waals surface area contributed by atoms with Gasteiger partial charge in [-0.3, -0.25) is 0 Å². The van der Waals surface area contributed by atoms with E-state index in [0.717, 1.165) is 0 Å². The van der Waals surface area contributed by atoms with E-state index in [4.69, 9.17) is 3.98 Å². The summed E-state index contributed by atoms with van der Waals surface area (Å²) in [5, 5.41) is 9.33. The molecule has 0 spiro atoms. The highest BCUT2D eigenvalue weighted by molar-refractivity contribution is 6.06. The minimum atomic E-state index is 1.58. The van der Waals surface area contributed by atoms with E-state index in [-0.39, 0.29) is 0 Å². The molecule has 40 valence electrons. The summed E-state index contributed by atoms with van der Waals surface area (Å²) in [6, 6.07) is 0. The summed E-state index contributed by atoms with van der Waals surface area (Å²) in [5.74, 6) is 0. The highest BCUT2D eigenvalue weighted by Gasteiger charge is 1.57. The summed E-state index contributed by atoms with van der Waals surface area (Å²) < 4.78 is 8.97. The predicted molar refractivity (Wildman–Crippen MR) is 23.3 cm³/mol. The fraction of sp³-hybridized carbons (Fsp3) is 0. The minimum Gasteiger partial charge on any atom is -0.198 e. The third-order valence-electron chi connectivity index (χ3n) is 0.331. The molecule has 0 radical (unpaired) electrons. The topological polar surface area (TPSA) is 41.6 Å². The predicted octanol–water partition coefficient (Wildman–Crippen LogP) is 0.914. The lowest BCUT2D eigenvalue weighted by atomic mass is 11.0. The van der Waals surface area contributed by atoms with Crippen LogP contribution >= 0.6 is 12.0 Å². The lowest BCUT2D eigenvalue weighted by molar-refractivity contribution is 0.906. The molecule has 1 heterocycles. The Morgan fingerprint density at radius 2 is 1.71 bits per heavy atom. The number of aromatic nitrogens is 3. The van der Waals surface area contributed by atoms with E-state index in [0.29, 0.717) is 0 Å². The van der Waals surface area contributed by atoms with Crippen molar-refractivity contribution < 1.29 is 3.98 Å². The molecule has 7 heavy (non-hydrogen) atoms. The molecule has 0 bridgehead atoms. The molecule has 5 heteroatoms. The van der Waals surface area contributed by atoms with E-state index in [9.17, 15) is 0 Å². The number of halogens is 2. The van der Waals surface area contributed by atoms with Gasteiger partial charge in [0.1, 0.15) is 12.0 Å². The summed E-state index contributed by atoms with van der Waals surface area (Å²) in [6.45, 7) is 0. The Hall–Kier alpha value is -0.640. The van der Waals surface area contributed by atoms with Crippen LogP contribution in [0.5, 0.6) is 0 Å². The van der Waals surface area contributed by atoms with Crippen LogP contribution in [0.15, 0.2) is 12.4 Å². The maximum Gasteiger partial charge on any atom is 0.116 e. The smallest absolute Gasteiger partial charge is 0.116 e. The van der Waals surface area contributed by atoms with Crippen molar-refractivity contribution >= 4 is 12.0 Å². The molecule has 0 unspecified atom stereocenters. The van der Waals surface area contributed by atoms with Crippen molar-refractivity contribution in [3.05, 3.63) is 12.4 Å². The third-order valence-corrected chi connectivity index (χ3v) is 0.331. The van der Waals surface area contributed by atoms with Gasteiger partial charge in [0.15, 0.2) is 0 Å². The van der Waals surface area contributed by atoms with Crippen LogP contribution < -0.4 is 0 Å². The van der Waals surface area contributed by atoms with Crippen molar-refractivity contribution in [1.82, 2.24) is 15.4 Å². The average molecular weight is 124 g/mol. The van der Waals surface area contributed by atoms with Crippen molar-refractivity contribution in [3.63, 3.8) is 0 Å². The Morgan fingerprint density at radius 3 is 1.86 bits per heavy atom. The van der Waals surface area contributed by atoms with E-state index >= 15 is 0 Å². The quantitative estimate of drug-likeness (QED) is 0.557. The van der Waals surface area contributed by atoms with Gasteiger partial charge in [0.05, 0.1) is 12.4 Å². The summed E-state index contributed by atoms with van der Waals surface area (Å²) in [6.07, 6.45) is 3.17. The average Bonchev–Trinajstić information content (AvgIpc) is 2.23. The van der Waals surface area contributed by atoms with Gasteiger partial charge in [-0.05, 0) is 0 Å². The molecule has 0 atom stereocenters. The Labute approximate surface area is 44.7 Å². The molecule has 1 rings (SSSR count). The largest absolute Gasteiger partial charge is 0.198 e. The van der Waals surface area contributed by atoms with E-state index in [1.54, 1.807) is 12.4 Å². The molecule has 0 aliphatic heterocycles. The zero-order valence-corrected chi connectivity index (χ0v) is 4.06. The van der Waals surface area contributed by atoms with Crippen molar-refractivity contribution in [1.29, 1.82) is 0 Å². The lowest BCUT2D eigenvalue weighted by Gasteiger charge is -1.48. The summed E-state index contributed by atoms with van der Waals surface area (Å²) in [4.78, 5) is 0. The van der Waals surface area contributed by atoms with Gasteiger partial charge >= 0.3 is 0 Å². The van der Waals surface area contributed by atoms with Gasteiger partial charge in [0.2, 0.25) is 0 Å². The third kappa shape index (κ3) is 3.18. The van der Waals surface area contributed by atoms with E-state index in [1.165, 1.54) is 0 Å². The van der Waals surface area contributed by atoms with Gasteiger partial charge in [-0.2, -0.15) is 15.4 Å². The monoisotopic (exact) mass is 123 g/mol. The number of hydrogen-bond donors (Lipinski definition) is 1. The van der Waals surface area contributed by atoms with Crippen molar-refractivity contribution in [2.75, 3.05) is 0 Å². The van der Waals surface area contributed by atoms with Crippen LogP contribution in [-0.2, 0) is 0 Å². The summed E-state index contributed by atoms with van der Waals surface area (Å²) in [7, 11) is 0. The van der Waals surface area contributed by atoms with Gasteiger partial charge in [-0.15, -0.1) is 3.98 Å². The SMILES string of the molecule is FCl.c1cn[nH]n1. The first kappa shape index (κ1) is 6.36. The lowest BCUT2D eigenvalue weighted by Crippen LogP contribution is -1.61. The minimum absolute atomic E-state index is 1.58. The molecule has 0 fully saturated rings. The highest BCUT2D eigenvalue weighted by atomic mass is 35.5. The van der Waals surface area contributed by atoms with Crippen LogP contribution in [0.2, 0.25) is 0 Å². The van der Waals surface area contributed by atoms with Gasteiger partial charge in [-0.1, -0.05) is 0 Å². The second-order valence-electron chi connectivity index (χ2n) is 0.656. The molecule has 0 aliphatic rings. The van der Waals surface area contributed by atoms with Crippen LogP contribution in [0.4, 0.5) is 3.98 Å². The first-order chi connectivity index (χ1) is 3.50. The van der Waals surface area contributed by atoms with Gasteiger partial charge in [0.25, 0.3) is 0 Å². The zero-order chi connectivity index (χ0) is 5.54. The summed E-state index contributed by atoms with van der Waals surface area (Å²) in [5.41, 5.74) is 0. The fourth-order valence-corrected chi connectivity index (χ4v) is 0.167. The van der Waals surface area contributed by atoms with Gasteiger partial charge < -0.3 is 0 Å². The van der Waals surface area contributed by atoms with Crippen molar-refractivity contribution in [2.45, 2.75) is 0 Å². The van der Waals surface area contributed by atoms with Gasteiger partial charge in [0, 0.05) is 0 Å². The molecule has 0 aliphatic carbocycles. The second kappa shape index (κ2) is 5.36. The molecule has 0 saturated carbocycles. The number of hydrogen-bond acceptors (Lipinski definition) is 2. The van der Waals surface area contributed by atoms with Crippen LogP contribution in [-0.4, -0.2) is 15.4 Å². The normalized spacial score (nSPS) is 6.57. The van der Waals surface area contributed by atoms with Crippen molar-refractivity contribution in [3.8, 4) is 0 Å². The Balaban J connectivity index is 0.000000162. The first-order valence-electron chi connectivity index (χ1n) is 1.44. The molecule has 1 aromatic rings. The van der Waals surface area contributed by atoms with E-state index in [1.807, 2.05) is 0 Å². The molecule has 1 N–H and O–H groups in total. The molecular weight excluding hydrogens is 120 g/mol. The zero-order valence-electron chi connectivity index (χ0n) is 3.31. The molecular formula is C2H3ClFN3. The number of nitrogens with zero attached hydrogens (tertiary/aromatic N) is 2. The molecule has 0 aromatic carbocycles. The number of nitrogens with one attached hydrogen (secondary N) is 1. The highest BCUT2D eigenvalue weighted by Crippen LogP contribution is 1.56. The molecule has 1 aromatic heterocycles. The van der Waals surface area contributed by atoms with E-state index < -0.39 is 0 Å². The second-order valence-corrected chi connectivity index (χ2v) is 0.656. The maximum atomic E-state index is 8.97. The van der Waals surface area contributed by atoms with Crippen LogP contribution in [0.25, 0.3) is 0 Å². The maximum absolute atomic E-state index is 8.97. The first-order valence-corrected chi connectivity index (χ1v) is 1.73. The Bertz CT molecular complexity index is 69.4. The number of rotatable bonds is 0. The molecule has 3 nitrogen and oxygen atoms in total. The van der Waals surface area contributed by atoms with E-state index in [2.05, 4.69) is 27.4 Å².